The normalized spacial score (nSPS) is 54.2. The van der Waals surface area contributed by atoms with Gasteiger partial charge in [-0.3, -0.25) is 0 Å². The minimum Gasteiger partial charge on any atom is -0.443 e. The first-order chi connectivity index (χ1) is 13.4. The van der Waals surface area contributed by atoms with Crippen LogP contribution in [0.2, 0.25) is 0 Å². The smallest absolute Gasteiger partial charge is 0.410 e. The van der Waals surface area contributed by atoms with Gasteiger partial charge >= 0.3 is 6.09 Å². The van der Waals surface area contributed by atoms with Crippen LogP contribution in [0.25, 0.3) is 0 Å². The number of amides is 1. The molecule has 3 saturated carbocycles. The Morgan fingerprint density at radius 1 is 1.32 bits per heavy atom. The molecule has 0 aromatic rings. The standard InChI is InChI=1S/C22H31NO5/c1-11(2)5-6-14-21(3,28-14)19-18(25-4)13(7-8-22(19)10-26-22)27-20(24)23-9-12-15-16(12)17(15)23/h5,12-19H,6-10H2,1-4H3/t12?,13-,14-,15?,16?,17?,18-,19-,21+,22+/m1/s1. The Morgan fingerprint density at radius 2 is 2.07 bits per heavy atom. The van der Waals surface area contributed by atoms with Crippen LogP contribution in [0.3, 0.4) is 0 Å². The number of piperidine rings is 1. The van der Waals surface area contributed by atoms with Gasteiger partial charge in [0, 0.05) is 19.7 Å². The number of rotatable bonds is 5. The fourth-order valence-corrected chi connectivity index (χ4v) is 6.60. The van der Waals surface area contributed by atoms with Gasteiger partial charge in [-0.25, -0.2) is 4.79 Å². The predicted octanol–water partition coefficient (Wildman–Crippen LogP) is 2.76. The molecule has 2 bridgehead atoms. The molecule has 0 radical (unpaired) electrons. The molecule has 2 unspecified atom stereocenters. The second kappa shape index (κ2) is 5.52. The molecule has 28 heavy (non-hydrogen) atoms. The zero-order chi connectivity index (χ0) is 19.4. The van der Waals surface area contributed by atoms with E-state index in [1.165, 1.54) is 5.57 Å². The molecule has 8 atom stereocenters. The second-order valence-corrected chi connectivity index (χ2v) is 10.3. The molecule has 7 fully saturated rings. The average molecular weight is 389 g/mol. The average Bonchev–Trinajstić information content (AvgIpc) is 3.61. The van der Waals surface area contributed by atoms with E-state index in [0.29, 0.717) is 6.04 Å². The summed E-state index contributed by atoms with van der Waals surface area (Å²) in [6.45, 7) is 8.06. The number of fused-ring (bicyclic) bond motifs is 1. The third kappa shape index (κ3) is 2.34. The van der Waals surface area contributed by atoms with Crippen LogP contribution in [0, 0.1) is 23.7 Å². The van der Waals surface area contributed by atoms with Gasteiger partial charge in [0.05, 0.1) is 18.6 Å². The molecule has 0 aromatic heterocycles. The van der Waals surface area contributed by atoms with Crippen molar-refractivity contribution in [1.29, 1.82) is 0 Å². The molecule has 4 heterocycles. The zero-order valence-electron chi connectivity index (χ0n) is 17.2. The Morgan fingerprint density at radius 3 is 2.64 bits per heavy atom. The molecule has 3 aliphatic carbocycles. The lowest BCUT2D eigenvalue weighted by Gasteiger charge is -2.43. The highest BCUT2D eigenvalue weighted by Crippen LogP contribution is 2.75. The summed E-state index contributed by atoms with van der Waals surface area (Å²) in [6, 6.07) is 0.480. The Kier molecular flexibility index (Phi) is 3.50. The maximum absolute atomic E-state index is 12.8. The van der Waals surface area contributed by atoms with Crippen LogP contribution < -0.4 is 0 Å². The van der Waals surface area contributed by atoms with E-state index in [-0.39, 0.29) is 41.5 Å². The van der Waals surface area contributed by atoms with Crippen molar-refractivity contribution in [2.24, 2.45) is 23.7 Å². The first kappa shape index (κ1) is 17.7. The van der Waals surface area contributed by atoms with Crippen LogP contribution in [-0.4, -0.2) is 66.8 Å². The third-order valence-electron chi connectivity index (χ3n) is 8.43. The summed E-state index contributed by atoms with van der Waals surface area (Å²) in [7, 11) is 1.73. The van der Waals surface area contributed by atoms with Crippen LogP contribution in [0.4, 0.5) is 4.79 Å². The molecular formula is C22H31NO5. The van der Waals surface area contributed by atoms with Gasteiger partial charge in [0.15, 0.2) is 0 Å². The topological polar surface area (TPSA) is 63.8 Å². The van der Waals surface area contributed by atoms with Crippen LogP contribution in [0.15, 0.2) is 11.6 Å². The maximum Gasteiger partial charge on any atom is 0.410 e. The lowest BCUT2D eigenvalue weighted by Crippen LogP contribution is -2.56. The zero-order valence-corrected chi connectivity index (χ0v) is 17.2. The van der Waals surface area contributed by atoms with E-state index in [4.69, 9.17) is 18.9 Å². The first-order valence-corrected chi connectivity index (χ1v) is 10.8. The van der Waals surface area contributed by atoms with E-state index in [1.54, 1.807) is 7.11 Å². The molecule has 0 aromatic carbocycles. The minimum absolute atomic E-state index is 0.0880. The summed E-state index contributed by atoms with van der Waals surface area (Å²) in [4.78, 5) is 14.8. The summed E-state index contributed by atoms with van der Waals surface area (Å²) in [5.41, 5.74) is 0.852. The van der Waals surface area contributed by atoms with Crippen LogP contribution in [0.1, 0.15) is 40.0 Å². The van der Waals surface area contributed by atoms with Crippen LogP contribution in [-0.2, 0) is 18.9 Å². The fourth-order valence-electron chi connectivity index (χ4n) is 6.60. The monoisotopic (exact) mass is 389 g/mol. The summed E-state index contributed by atoms with van der Waals surface area (Å²) >= 11 is 0. The van der Waals surface area contributed by atoms with Gasteiger partial charge in [0.2, 0.25) is 0 Å². The van der Waals surface area contributed by atoms with E-state index in [1.807, 2.05) is 4.90 Å². The van der Waals surface area contributed by atoms with Crippen molar-refractivity contribution in [2.75, 3.05) is 20.3 Å². The molecule has 4 saturated heterocycles. The van der Waals surface area contributed by atoms with Gasteiger partial charge in [0.1, 0.15) is 23.4 Å². The number of ether oxygens (including phenoxy) is 4. The molecule has 1 spiro atoms. The molecule has 7 aliphatic rings. The highest BCUT2D eigenvalue weighted by Gasteiger charge is 2.82. The lowest BCUT2D eigenvalue weighted by molar-refractivity contribution is -0.121. The van der Waals surface area contributed by atoms with E-state index >= 15 is 0 Å². The van der Waals surface area contributed by atoms with Crippen molar-refractivity contribution in [3.63, 3.8) is 0 Å². The van der Waals surface area contributed by atoms with Crippen molar-refractivity contribution in [3.05, 3.63) is 11.6 Å². The number of methoxy groups -OCH3 is 1. The van der Waals surface area contributed by atoms with E-state index < -0.39 is 0 Å². The first-order valence-electron chi connectivity index (χ1n) is 10.8. The number of carbonyl (C=O) groups is 1. The van der Waals surface area contributed by atoms with Crippen LogP contribution >= 0.6 is 0 Å². The highest BCUT2D eigenvalue weighted by molar-refractivity contribution is 5.71. The number of carbonyl (C=O) groups excluding carboxylic acids is 1. The van der Waals surface area contributed by atoms with Gasteiger partial charge in [-0.2, -0.15) is 0 Å². The van der Waals surface area contributed by atoms with Gasteiger partial charge in [0.25, 0.3) is 0 Å². The maximum atomic E-state index is 12.8. The molecule has 4 aliphatic heterocycles. The van der Waals surface area contributed by atoms with E-state index in [9.17, 15) is 4.79 Å². The van der Waals surface area contributed by atoms with Gasteiger partial charge in [-0.15, -0.1) is 0 Å². The minimum atomic E-state index is -0.284. The SMILES string of the molecule is CO[C@@H]1[C@H](OC(=O)N2CC3C4C3C42)CC[C@]2(CO2)[C@H]1[C@@]1(C)O[C@@H]1CC=C(C)C. The number of hydrogen-bond donors (Lipinski definition) is 0. The van der Waals surface area contributed by atoms with E-state index in [0.717, 1.165) is 50.2 Å². The van der Waals surface area contributed by atoms with Gasteiger partial charge in [-0.05, 0) is 57.8 Å². The highest BCUT2D eigenvalue weighted by atomic mass is 16.6. The Hall–Kier alpha value is -1.11. The summed E-state index contributed by atoms with van der Waals surface area (Å²) in [5.74, 6) is 2.45. The largest absolute Gasteiger partial charge is 0.443 e. The fraction of sp³-hybridized carbons (Fsp3) is 0.864. The summed E-state index contributed by atoms with van der Waals surface area (Å²) in [6.07, 6.45) is 4.47. The lowest BCUT2D eigenvalue weighted by atomic mass is 9.68. The van der Waals surface area contributed by atoms with Crippen molar-refractivity contribution >= 4 is 6.09 Å². The van der Waals surface area contributed by atoms with Crippen molar-refractivity contribution in [1.82, 2.24) is 4.90 Å². The molecule has 154 valence electrons. The van der Waals surface area contributed by atoms with Crippen molar-refractivity contribution in [3.8, 4) is 0 Å². The van der Waals surface area contributed by atoms with E-state index in [2.05, 4.69) is 26.8 Å². The Bertz CT molecular complexity index is 726. The summed E-state index contributed by atoms with van der Waals surface area (Å²) < 4.78 is 24.2. The second-order valence-electron chi connectivity index (χ2n) is 10.3. The number of hydrogen-bond acceptors (Lipinski definition) is 5. The third-order valence-corrected chi connectivity index (χ3v) is 8.43. The molecule has 7 rings (SSSR count). The molecule has 6 nitrogen and oxygen atoms in total. The predicted molar refractivity (Wildman–Crippen MR) is 101 cm³/mol. The molecular weight excluding hydrogens is 358 g/mol. The quantitative estimate of drug-likeness (QED) is 0.534. The molecule has 1 amide bonds. The van der Waals surface area contributed by atoms with Gasteiger partial charge < -0.3 is 23.8 Å². The number of epoxide rings is 2. The Labute approximate surface area is 166 Å². The van der Waals surface area contributed by atoms with Crippen LogP contribution in [0.5, 0.6) is 0 Å². The number of nitrogens with zero attached hydrogens (tertiary/aromatic N) is 1. The molecule has 6 heteroatoms. The Balaban J connectivity index is 1.18. The number of allylic oxidation sites excluding steroid dienone is 1. The molecule has 0 N–H and O–H groups in total. The van der Waals surface area contributed by atoms with Gasteiger partial charge in [-0.1, -0.05) is 11.6 Å². The van der Waals surface area contributed by atoms with Crippen molar-refractivity contribution in [2.45, 2.75) is 75.6 Å². The van der Waals surface area contributed by atoms with Crippen molar-refractivity contribution < 1.29 is 23.7 Å². The summed E-state index contributed by atoms with van der Waals surface area (Å²) in [5, 5.41) is 0.